The van der Waals surface area contributed by atoms with Crippen molar-refractivity contribution in [1.29, 1.82) is 0 Å². The molecule has 234 valence electrons. The zero-order valence-electron chi connectivity index (χ0n) is 26.4. The number of aromatic amines is 2. The number of imidazole rings is 1. The maximum absolute atomic E-state index is 13.0. The summed E-state index contributed by atoms with van der Waals surface area (Å²) in [6, 6.07) is 16.4. The molecule has 0 unspecified atom stereocenters. The Hall–Kier alpha value is -5.51. The Kier molecular flexibility index (Phi) is 7.81. The number of carbonyl (C=O) groups is 2. The van der Waals surface area contributed by atoms with E-state index in [-0.39, 0.29) is 23.6 Å². The van der Waals surface area contributed by atoms with E-state index in [0.717, 1.165) is 29.8 Å². The minimum atomic E-state index is -0.864. The Bertz CT molecular complexity index is 1990. The molecule has 3 heterocycles. The summed E-state index contributed by atoms with van der Waals surface area (Å²) in [5.74, 6) is -0.492. The minimum Gasteiger partial charge on any atom is -0.494 e. The summed E-state index contributed by atoms with van der Waals surface area (Å²) >= 11 is 0. The first-order valence-corrected chi connectivity index (χ1v) is 15.1. The summed E-state index contributed by atoms with van der Waals surface area (Å²) in [4.78, 5) is 45.7. The highest BCUT2D eigenvalue weighted by Gasteiger charge is 2.34. The number of aryl methyl sites for hydroxylation is 1. The minimum absolute atomic E-state index is 0.0748. The number of carbonyl (C=O) groups excluding carboxylic acids is 2. The number of H-pyrrole nitrogens is 2. The van der Waals surface area contributed by atoms with Gasteiger partial charge in [-0.2, -0.15) is 0 Å². The first-order chi connectivity index (χ1) is 21.9. The molecule has 46 heavy (non-hydrogen) atoms. The average molecular weight is 617 g/mol. The predicted octanol–water partition coefficient (Wildman–Crippen LogP) is 6.99. The van der Waals surface area contributed by atoms with Gasteiger partial charge in [-0.15, -0.1) is 0 Å². The normalized spacial score (nSPS) is 13.5. The van der Waals surface area contributed by atoms with Crippen molar-refractivity contribution in [2.75, 3.05) is 5.32 Å². The molecule has 2 aromatic carbocycles. The van der Waals surface area contributed by atoms with Crippen LogP contribution in [0.4, 0.5) is 11.4 Å². The van der Waals surface area contributed by atoms with Crippen LogP contribution < -0.4 is 5.32 Å². The van der Waals surface area contributed by atoms with E-state index in [1.165, 1.54) is 0 Å². The number of aromatic hydroxyl groups is 1. The molecule has 0 aliphatic heterocycles. The van der Waals surface area contributed by atoms with Crippen LogP contribution in [-0.4, -0.2) is 48.2 Å². The quantitative estimate of drug-likeness (QED) is 0.115. The van der Waals surface area contributed by atoms with Crippen LogP contribution in [-0.2, 0) is 21.4 Å². The van der Waals surface area contributed by atoms with Gasteiger partial charge in [0.1, 0.15) is 5.60 Å². The highest BCUT2D eigenvalue weighted by atomic mass is 16.6. The standard InChI is InChI=1S/C36H36N6O4/c1-35(2,3)46-34(45)36(4,5)22-12-14-23(15-13-22)38-30(21-9-8-18-37-20-21)29-25-17-16-24(19-28(25)42-32(29)43)39-33(44)31-40-26-10-6-7-11-27(26)41-31/h6,8-10,12-20,42-43H,7,11H2,1-5H3,(H,39,44)(H,40,41). The van der Waals surface area contributed by atoms with Gasteiger partial charge >= 0.3 is 5.97 Å². The Morgan fingerprint density at radius 2 is 1.80 bits per heavy atom. The van der Waals surface area contributed by atoms with Gasteiger partial charge in [-0.1, -0.05) is 18.2 Å². The number of aliphatic imine (C=N–C) groups is 1. The molecule has 0 atom stereocenters. The highest BCUT2D eigenvalue weighted by Crippen LogP contribution is 2.34. The van der Waals surface area contributed by atoms with Crippen molar-refractivity contribution >= 4 is 45.9 Å². The molecular formula is C36H36N6O4. The number of hydrogen-bond donors (Lipinski definition) is 4. The zero-order chi connectivity index (χ0) is 32.6. The van der Waals surface area contributed by atoms with Crippen molar-refractivity contribution in [2.24, 2.45) is 4.99 Å². The number of hydrogen-bond acceptors (Lipinski definition) is 7. The number of ether oxygens (including phenoxy) is 1. The van der Waals surface area contributed by atoms with Gasteiger partial charge < -0.3 is 25.1 Å². The predicted molar refractivity (Wildman–Crippen MR) is 179 cm³/mol. The van der Waals surface area contributed by atoms with Gasteiger partial charge in [-0.05, 0) is 102 Å². The molecule has 4 N–H and O–H groups in total. The fourth-order valence-electron chi connectivity index (χ4n) is 5.35. The molecule has 3 aromatic heterocycles. The van der Waals surface area contributed by atoms with E-state index in [9.17, 15) is 14.7 Å². The number of anilines is 1. The lowest BCUT2D eigenvalue weighted by Crippen LogP contribution is -2.36. The van der Waals surface area contributed by atoms with Crippen molar-refractivity contribution in [3.8, 4) is 5.88 Å². The second-order valence-corrected chi connectivity index (χ2v) is 12.8. The smallest absolute Gasteiger partial charge is 0.316 e. The molecule has 0 radical (unpaired) electrons. The second-order valence-electron chi connectivity index (χ2n) is 12.8. The average Bonchev–Trinajstić information content (AvgIpc) is 3.60. The van der Waals surface area contributed by atoms with Crippen LogP contribution in [0.2, 0.25) is 0 Å². The van der Waals surface area contributed by atoms with Gasteiger partial charge in [0.15, 0.2) is 11.7 Å². The number of nitrogens with zero attached hydrogens (tertiary/aromatic N) is 3. The summed E-state index contributed by atoms with van der Waals surface area (Å²) in [7, 11) is 0. The first-order valence-electron chi connectivity index (χ1n) is 15.1. The molecule has 1 aliphatic rings. The fraction of sp³-hybridized carbons (Fsp3) is 0.250. The van der Waals surface area contributed by atoms with Crippen LogP contribution in [0.5, 0.6) is 5.88 Å². The van der Waals surface area contributed by atoms with Gasteiger partial charge in [0, 0.05) is 34.7 Å². The number of esters is 1. The third-order valence-electron chi connectivity index (χ3n) is 7.81. The van der Waals surface area contributed by atoms with Gasteiger partial charge in [0.05, 0.1) is 33.6 Å². The van der Waals surface area contributed by atoms with Crippen LogP contribution >= 0.6 is 0 Å². The maximum Gasteiger partial charge on any atom is 0.316 e. The van der Waals surface area contributed by atoms with E-state index in [1.54, 1.807) is 30.6 Å². The van der Waals surface area contributed by atoms with Gasteiger partial charge in [0.2, 0.25) is 0 Å². The number of aromatic nitrogens is 4. The molecule has 1 amide bonds. The summed E-state index contributed by atoms with van der Waals surface area (Å²) < 4.78 is 5.65. The van der Waals surface area contributed by atoms with Crippen molar-refractivity contribution in [2.45, 2.75) is 58.5 Å². The van der Waals surface area contributed by atoms with E-state index in [0.29, 0.717) is 39.1 Å². The largest absolute Gasteiger partial charge is 0.494 e. The highest BCUT2D eigenvalue weighted by molar-refractivity contribution is 6.22. The molecule has 6 rings (SSSR count). The van der Waals surface area contributed by atoms with E-state index in [2.05, 4.69) is 25.3 Å². The van der Waals surface area contributed by atoms with E-state index < -0.39 is 11.0 Å². The third kappa shape index (κ3) is 6.19. The van der Waals surface area contributed by atoms with Gasteiger partial charge in [-0.3, -0.25) is 14.6 Å². The summed E-state index contributed by atoms with van der Waals surface area (Å²) in [6.07, 6.45) is 9.04. The molecule has 0 bridgehead atoms. The third-order valence-corrected chi connectivity index (χ3v) is 7.81. The Morgan fingerprint density at radius 1 is 1.02 bits per heavy atom. The van der Waals surface area contributed by atoms with Crippen LogP contribution in [0, 0.1) is 0 Å². The van der Waals surface area contributed by atoms with E-state index >= 15 is 0 Å². The van der Waals surface area contributed by atoms with Crippen LogP contribution in [0.25, 0.3) is 17.0 Å². The lowest BCUT2D eigenvalue weighted by Gasteiger charge is -2.28. The monoisotopic (exact) mass is 616 g/mol. The summed E-state index contributed by atoms with van der Waals surface area (Å²) in [5.41, 5.74) is 4.53. The second kappa shape index (κ2) is 11.8. The van der Waals surface area contributed by atoms with Crippen molar-refractivity contribution in [1.82, 2.24) is 19.9 Å². The lowest BCUT2D eigenvalue weighted by molar-refractivity contribution is -0.160. The molecule has 10 heteroatoms. The van der Waals surface area contributed by atoms with Crippen molar-refractivity contribution < 1.29 is 19.4 Å². The van der Waals surface area contributed by atoms with Gasteiger partial charge in [0.25, 0.3) is 5.91 Å². The van der Waals surface area contributed by atoms with E-state index in [4.69, 9.17) is 9.73 Å². The molecule has 0 saturated carbocycles. The molecular weight excluding hydrogens is 580 g/mol. The number of pyridine rings is 1. The van der Waals surface area contributed by atoms with E-state index in [1.807, 2.05) is 83.2 Å². The SMILES string of the molecule is CC(C)(C)OC(=O)C(C)(C)c1ccc(N=C(c2cccnc2)c2c(O)[nH]c3cc(NC(=O)c4nc5c([nH]4)CCC=C5)ccc23)cc1. The number of benzene rings is 2. The molecule has 0 saturated heterocycles. The first kappa shape index (κ1) is 30.5. The van der Waals surface area contributed by atoms with Gasteiger partial charge in [-0.25, -0.2) is 9.98 Å². The molecule has 1 aliphatic carbocycles. The molecule has 0 fully saturated rings. The number of fused-ring (bicyclic) bond motifs is 2. The number of allylic oxidation sites excluding steroid dienone is 1. The van der Waals surface area contributed by atoms with Crippen LogP contribution in [0.1, 0.15) is 79.7 Å². The topological polar surface area (TPSA) is 145 Å². The Morgan fingerprint density at radius 3 is 2.50 bits per heavy atom. The summed E-state index contributed by atoms with van der Waals surface area (Å²) in [6.45, 7) is 9.21. The number of amides is 1. The summed E-state index contributed by atoms with van der Waals surface area (Å²) in [5, 5.41) is 14.8. The van der Waals surface area contributed by atoms with Crippen LogP contribution in [0.15, 0.2) is 78.1 Å². The molecule has 0 spiro atoms. The van der Waals surface area contributed by atoms with Crippen LogP contribution in [0.3, 0.4) is 0 Å². The number of nitrogens with one attached hydrogen (secondary N) is 3. The van der Waals surface area contributed by atoms with Crippen molar-refractivity contribution in [3.63, 3.8) is 0 Å². The Labute approximate surface area is 266 Å². The Balaban J connectivity index is 1.32. The maximum atomic E-state index is 13.0. The molecule has 10 nitrogen and oxygen atoms in total. The fourth-order valence-corrected chi connectivity index (χ4v) is 5.35. The lowest BCUT2D eigenvalue weighted by atomic mass is 9.84. The van der Waals surface area contributed by atoms with Crippen molar-refractivity contribution in [3.05, 3.63) is 107 Å². The number of rotatable bonds is 7. The molecule has 5 aromatic rings. The zero-order valence-corrected chi connectivity index (χ0v) is 26.4.